The van der Waals surface area contributed by atoms with E-state index >= 15 is 0 Å². The van der Waals surface area contributed by atoms with Gasteiger partial charge in [-0.25, -0.2) is 9.06 Å². The van der Waals surface area contributed by atoms with Crippen molar-refractivity contribution in [2.75, 3.05) is 10.3 Å². The van der Waals surface area contributed by atoms with Crippen molar-refractivity contribution in [3.63, 3.8) is 0 Å². The molecule has 5 heteroatoms. The van der Waals surface area contributed by atoms with E-state index in [1.54, 1.807) is 7.11 Å². The van der Waals surface area contributed by atoms with Crippen LogP contribution in [0.25, 0.3) is 11.1 Å². The van der Waals surface area contributed by atoms with Gasteiger partial charge in [0, 0.05) is 4.90 Å². The fraction of sp³-hybridized carbons (Fsp3) is 0.0769. The van der Waals surface area contributed by atoms with Crippen LogP contribution < -0.4 is 13.8 Å². The van der Waals surface area contributed by atoms with Crippen molar-refractivity contribution in [3.8, 4) is 16.9 Å². The van der Waals surface area contributed by atoms with Gasteiger partial charge in [0.15, 0.2) is 0 Å². The highest BCUT2D eigenvalue weighted by Crippen LogP contribution is 2.31. The molecule has 0 spiro atoms. The van der Waals surface area contributed by atoms with Gasteiger partial charge < -0.3 is 4.74 Å². The van der Waals surface area contributed by atoms with Gasteiger partial charge in [0.25, 0.3) is 0 Å². The van der Waals surface area contributed by atoms with E-state index in [0.717, 1.165) is 27.5 Å². The number of thiol groups is 1. The summed E-state index contributed by atoms with van der Waals surface area (Å²) in [5.74, 6) is 6.60. The second-order valence-electron chi connectivity index (χ2n) is 3.74. The van der Waals surface area contributed by atoms with Crippen LogP contribution in [0.2, 0.25) is 0 Å². The van der Waals surface area contributed by atoms with Crippen molar-refractivity contribution < 1.29 is 4.74 Å². The number of methoxy groups -OCH3 is 1. The normalized spacial score (nSPS) is 10.2. The van der Waals surface area contributed by atoms with E-state index in [4.69, 9.17) is 10.6 Å². The first-order chi connectivity index (χ1) is 8.61. The van der Waals surface area contributed by atoms with E-state index in [0.29, 0.717) is 0 Å². The van der Waals surface area contributed by atoms with E-state index < -0.39 is 0 Å². The van der Waals surface area contributed by atoms with Gasteiger partial charge in [-0.1, -0.05) is 18.2 Å². The van der Waals surface area contributed by atoms with Gasteiger partial charge in [0.05, 0.1) is 35.7 Å². The molecular formula is C13H13IN2OS. The molecule has 0 unspecified atom stereocenters. The highest BCUT2D eigenvalue weighted by molar-refractivity contribution is 14.1. The molecule has 3 nitrogen and oxygen atoms in total. The predicted molar refractivity (Wildman–Crippen MR) is 86.4 cm³/mol. The third-order valence-corrected chi connectivity index (χ3v) is 3.53. The Morgan fingerprint density at radius 2 is 1.72 bits per heavy atom. The molecule has 0 aliphatic rings. The molecule has 2 rings (SSSR count). The van der Waals surface area contributed by atoms with Crippen LogP contribution in [-0.2, 0) is 0 Å². The Morgan fingerprint density at radius 1 is 1.11 bits per heavy atom. The van der Waals surface area contributed by atoms with E-state index in [1.165, 1.54) is 3.22 Å². The van der Waals surface area contributed by atoms with Crippen LogP contribution in [0, 0.1) is 0 Å². The Bertz CT molecular complexity index is 543. The van der Waals surface area contributed by atoms with Crippen molar-refractivity contribution in [2.45, 2.75) is 4.90 Å². The molecule has 0 fully saturated rings. The van der Waals surface area contributed by atoms with E-state index in [-0.39, 0.29) is 0 Å². The van der Waals surface area contributed by atoms with Crippen LogP contribution in [0.1, 0.15) is 0 Å². The molecule has 0 atom stereocenters. The molecule has 2 aromatic carbocycles. The van der Waals surface area contributed by atoms with Crippen LogP contribution in [0.3, 0.4) is 0 Å². The minimum Gasteiger partial charge on any atom is -0.497 e. The summed E-state index contributed by atoms with van der Waals surface area (Å²) in [6.07, 6.45) is 0. The fourth-order valence-corrected chi connectivity index (χ4v) is 2.49. The second kappa shape index (κ2) is 5.81. The van der Waals surface area contributed by atoms with E-state index in [9.17, 15) is 0 Å². The zero-order valence-electron chi connectivity index (χ0n) is 9.80. The number of anilines is 1. The van der Waals surface area contributed by atoms with Crippen LogP contribution >= 0.6 is 35.5 Å². The summed E-state index contributed by atoms with van der Waals surface area (Å²) in [5.41, 5.74) is 3.09. The molecule has 0 aliphatic carbocycles. The van der Waals surface area contributed by atoms with Gasteiger partial charge in [-0.15, -0.1) is 12.6 Å². The standard InChI is InChI=1S/C13H13IN2OS/c1-17-11-5-2-9(3-6-11)10-4-7-13(18)12(8-10)16(14)15/h2-8,18H,15H2,1H3. The van der Waals surface area contributed by atoms with Crippen LogP contribution in [0.4, 0.5) is 5.69 Å². The van der Waals surface area contributed by atoms with E-state index in [2.05, 4.69) is 12.6 Å². The quantitative estimate of drug-likeness (QED) is 0.284. The zero-order valence-corrected chi connectivity index (χ0v) is 12.9. The summed E-state index contributed by atoms with van der Waals surface area (Å²) in [6.45, 7) is 0. The summed E-state index contributed by atoms with van der Waals surface area (Å²) >= 11 is 6.41. The lowest BCUT2D eigenvalue weighted by Crippen LogP contribution is -2.17. The highest BCUT2D eigenvalue weighted by Gasteiger charge is 2.06. The average molecular weight is 372 g/mol. The Labute approximate surface area is 126 Å². The third-order valence-electron chi connectivity index (χ3n) is 2.63. The molecule has 0 heterocycles. The van der Waals surface area contributed by atoms with Crippen LogP contribution in [0.5, 0.6) is 5.75 Å². The topological polar surface area (TPSA) is 38.5 Å². The Kier molecular flexibility index (Phi) is 4.36. The third kappa shape index (κ3) is 2.90. The van der Waals surface area contributed by atoms with Gasteiger partial charge in [0.1, 0.15) is 5.75 Å². The molecule has 0 radical (unpaired) electrons. The van der Waals surface area contributed by atoms with E-state index in [1.807, 2.05) is 65.3 Å². The molecule has 94 valence electrons. The van der Waals surface area contributed by atoms with Crippen molar-refractivity contribution in [2.24, 2.45) is 5.84 Å². The lowest BCUT2D eigenvalue weighted by Gasteiger charge is -2.14. The largest absolute Gasteiger partial charge is 0.497 e. The number of hydrogen-bond donors (Lipinski definition) is 2. The summed E-state index contributed by atoms with van der Waals surface area (Å²) in [4.78, 5) is 0.851. The van der Waals surface area contributed by atoms with Crippen LogP contribution in [0.15, 0.2) is 47.4 Å². The van der Waals surface area contributed by atoms with Gasteiger partial charge in [-0.2, -0.15) is 0 Å². The molecule has 2 aromatic rings. The maximum atomic E-state index is 5.76. The zero-order chi connectivity index (χ0) is 13.1. The van der Waals surface area contributed by atoms with Gasteiger partial charge in [0.2, 0.25) is 0 Å². The highest BCUT2D eigenvalue weighted by atomic mass is 127. The summed E-state index contributed by atoms with van der Waals surface area (Å²) in [5, 5.41) is 0. The monoisotopic (exact) mass is 372 g/mol. The summed E-state index contributed by atoms with van der Waals surface area (Å²) in [7, 11) is 1.66. The molecule has 0 aromatic heterocycles. The predicted octanol–water partition coefficient (Wildman–Crippen LogP) is 3.68. The Morgan fingerprint density at radius 3 is 2.28 bits per heavy atom. The number of hydrogen-bond acceptors (Lipinski definition) is 4. The first kappa shape index (κ1) is 13.5. The minimum atomic E-state index is 0.846. The van der Waals surface area contributed by atoms with Gasteiger partial charge >= 0.3 is 0 Å². The van der Waals surface area contributed by atoms with Crippen molar-refractivity contribution in [1.82, 2.24) is 0 Å². The van der Waals surface area contributed by atoms with Gasteiger partial charge in [-0.3, -0.25) is 0 Å². The first-order valence-corrected chi connectivity index (χ1v) is 6.71. The number of ether oxygens (including phenoxy) is 1. The van der Waals surface area contributed by atoms with Crippen molar-refractivity contribution >= 4 is 41.2 Å². The first-order valence-electron chi connectivity index (χ1n) is 5.30. The maximum absolute atomic E-state index is 5.76. The lowest BCUT2D eigenvalue weighted by molar-refractivity contribution is 0.415. The summed E-state index contributed by atoms with van der Waals surface area (Å²) in [6, 6.07) is 13.9. The molecule has 0 bridgehead atoms. The number of rotatable bonds is 3. The summed E-state index contributed by atoms with van der Waals surface area (Å²) < 4.78 is 6.68. The molecular weight excluding hydrogens is 359 g/mol. The molecule has 0 saturated heterocycles. The number of halogens is 1. The molecule has 0 saturated carbocycles. The van der Waals surface area contributed by atoms with Crippen molar-refractivity contribution in [1.29, 1.82) is 0 Å². The molecule has 0 amide bonds. The number of hydrazine groups is 1. The lowest BCUT2D eigenvalue weighted by atomic mass is 10.1. The molecule has 2 N–H and O–H groups in total. The molecule has 0 aliphatic heterocycles. The smallest absolute Gasteiger partial charge is 0.118 e. The van der Waals surface area contributed by atoms with Gasteiger partial charge in [-0.05, 0) is 35.4 Å². The number of nitrogens with two attached hydrogens (primary N) is 1. The average Bonchev–Trinajstić information content (AvgIpc) is 2.39. The van der Waals surface area contributed by atoms with Crippen molar-refractivity contribution in [3.05, 3.63) is 42.5 Å². The second-order valence-corrected chi connectivity index (χ2v) is 5.26. The number of benzene rings is 2. The molecule has 18 heavy (non-hydrogen) atoms. The minimum absolute atomic E-state index is 0.846. The Hall–Kier alpha value is -0.920. The SMILES string of the molecule is COc1ccc(-c2ccc(S)c(N(N)I)c2)cc1. The number of nitrogens with zero attached hydrogens (tertiary/aromatic N) is 1. The van der Waals surface area contributed by atoms with Crippen LogP contribution in [-0.4, -0.2) is 7.11 Å². The fourth-order valence-electron chi connectivity index (χ4n) is 1.66. The maximum Gasteiger partial charge on any atom is 0.118 e. The Balaban J connectivity index is 2.41.